The highest BCUT2D eigenvalue weighted by Crippen LogP contribution is 2.21. The number of quaternary nitrogens is 1. The van der Waals surface area contributed by atoms with Gasteiger partial charge in [0.1, 0.15) is 0 Å². The molecule has 1 aliphatic heterocycles. The van der Waals surface area contributed by atoms with Gasteiger partial charge in [0, 0.05) is 7.05 Å². The number of carbonyl (C=O) groups is 1. The predicted octanol–water partition coefficient (Wildman–Crippen LogP) is -0.678. The maximum Gasteiger partial charge on any atom is 0.249 e. The number of carbonyl (C=O) groups excluding carboxylic acids is 1. The number of hydrogen-bond donors (Lipinski definition) is 2. The first kappa shape index (κ1) is 18.8. The maximum absolute atomic E-state index is 12.8. The van der Waals surface area contributed by atoms with Gasteiger partial charge in [-0.05, 0) is 22.9 Å². The van der Waals surface area contributed by atoms with Crippen LogP contribution in [0.15, 0.2) is 47.4 Å². The lowest BCUT2D eigenvalue weighted by atomic mass is 10.1. The van der Waals surface area contributed by atoms with Gasteiger partial charge in [0.2, 0.25) is 15.9 Å². The summed E-state index contributed by atoms with van der Waals surface area (Å²) < 4.78 is 26.6. The molecule has 0 aliphatic carbocycles. The number of hydrogen-bond acceptors (Lipinski definition) is 4. The molecule has 0 aromatic heterocycles. The quantitative estimate of drug-likeness (QED) is 0.724. The Kier molecular flexibility index (Phi) is 5.57. The Morgan fingerprint density at radius 1 is 1.15 bits per heavy atom. The standard InChI is InChI=1S/C18H24N4O3S/c1-20-9-11-22(12-10-20)19-18(23)14-21(2)26(24,25)17-8-7-15-5-3-4-6-16(15)13-17/h3-8,13H,9-12,14H2,1-2H3,(H,19,23)/p+1. The summed E-state index contributed by atoms with van der Waals surface area (Å²) in [6.07, 6.45) is 0. The SMILES string of the molecule is CN(CC(=O)NN1CC[NH+](C)CC1)S(=O)(=O)c1ccc2ccccc2c1. The third-order valence-electron chi connectivity index (χ3n) is 4.70. The summed E-state index contributed by atoms with van der Waals surface area (Å²) >= 11 is 0. The van der Waals surface area contributed by atoms with Crippen molar-refractivity contribution in [2.45, 2.75) is 4.90 Å². The zero-order valence-electron chi connectivity index (χ0n) is 15.1. The van der Waals surface area contributed by atoms with Crippen LogP contribution in [0, 0.1) is 0 Å². The normalized spacial score (nSPS) is 16.9. The minimum absolute atomic E-state index is 0.190. The zero-order chi connectivity index (χ0) is 18.7. The first-order valence-electron chi connectivity index (χ1n) is 8.67. The number of hydrazine groups is 1. The van der Waals surface area contributed by atoms with Crippen LogP contribution in [-0.2, 0) is 14.8 Å². The van der Waals surface area contributed by atoms with Gasteiger partial charge >= 0.3 is 0 Å². The molecule has 0 radical (unpaired) electrons. The van der Waals surface area contributed by atoms with E-state index in [1.165, 1.54) is 11.9 Å². The summed E-state index contributed by atoms with van der Waals surface area (Å²) in [4.78, 5) is 13.8. The van der Waals surface area contributed by atoms with Crippen LogP contribution in [0.4, 0.5) is 0 Å². The molecule has 0 spiro atoms. The van der Waals surface area contributed by atoms with Crippen LogP contribution in [0.5, 0.6) is 0 Å². The van der Waals surface area contributed by atoms with E-state index in [1.807, 2.05) is 29.3 Å². The highest BCUT2D eigenvalue weighted by molar-refractivity contribution is 7.89. The van der Waals surface area contributed by atoms with E-state index in [4.69, 9.17) is 0 Å². The molecule has 2 aromatic rings. The molecule has 8 heteroatoms. The van der Waals surface area contributed by atoms with Crippen molar-refractivity contribution >= 4 is 26.7 Å². The average Bonchev–Trinajstić information content (AvgIpc) is 2.63. The number of nitrogens with one attached hydrogen (secondary N) is 2. The molecule has 7 nitrogen and oxygen atoms in total. The van der Waals surface area contributed by atoms with Crippen molar-refractivity contribution in [3.63, 3.8) is 0 Å². The topological polar surface area (TPSA) is 74.2 Å². The number of sulfonamides is 1. The monoisotopic (exact) mass is 377 g/mol. The van der Waals surface area contributed by atoms with Crippen molar-refractivity contribution < 1.29 is 18.1 Å². The fraction of sp³-hybridized carbons (Fsp3) is 0.389. The van der Waals surface area contributed by atoms with Gasteiger partial charge < -0.3 is 4.90 Å². The van der Waals surface area contributed by atoms with E-state index in [0.29, 0.717) is 0 Å². The van der Waals surface area contributed by atoms with E-state index in [9.17, 15) is 13.2 Å². The summed E-state index contributed by atoms with van der Waals surface area (Å²) in [6, 6.07) is 12.6. The number of fused-ring (bicyclic) bond motifs is 1. The van der Waals surface area contributed by atoms with Gasteiger partial charge in [-0.2, -0.15) is 4.31 Å². The van der Waals surface area contributed by atoms with Crippen molar-refractivity contribution in [3.8, 4) is 0 Å². The molecule has 140 valence electrons. The second-order valence-electron chi connectivity index (χ2n) is 6.75. The van der Waals surface area contributed by atoms with Crippen LogP contribution in [0.1, 0.15) is 0 Å². The molecule has 1 fully saturated rings. The molecule has 2 N–H and O–H groups in total. The highest BCUT2D eigenvalue weighted by atomic mass is 32.2. The number of rotatable bonds is 5. The second kappa shape index (κ2) is 7.71. The Bertz CT molecular complexity index is 892. The van der Waals surface area contributed by atoms with Gasteiger partial charge in [-0.1, -0.05) is 30.3 Å². The van der Waals surface area contributed by atoms with Gasteiger partial charge in [-0.3, -0.25) is 10.2 Å². The maximum atomic E-state index is 12.8. The summed E-state index contributed by atoms with van der Waals surface area (Å²) in [5.74, 6) is -0.323. The Hall–Kier alpha value is -2.00. The smallest absolute Gasteiger partial charge is 0.249 e. The van der Waals surface area contributed by atoms with E-state index in [0.717, 1.165) is 41.3 Å². The van der Waals surface area contributed by atoms with Crippen molar-refractivity contribution in [3.05, 3.63) is 42.5 Å². The Morgan fingerprint density at radius 3 is 2.50 bits per heavy atom. The minimum atomic E-state index is -3.73. The number of likely N-dealkylation sites (N-methyl/N-ethyl adjacent to an activating group) is 2. The molecule has 26 heavy (non-hydrogen) atoms. The molecule has 1 saturated heterocycles. The first-order valence-corrected chi connectivity index (χ1v) is 10.1. The number of amides is 1. The lowest BCUT2D eigenvalue weighted by Gasteiger charge is -2.30. The van der Waals surface area contributed by atoms with E-state index in [-0.39, 0.29) is 17.3 Å². The molecular formula is C18H25N4O3S+. The lowest BCUT2D eigenvalue weighted by molar-refractivity contribution is -0.884. The summed E-state index contributed by atoms with van der Waals surface area (Å²) in [6.45, 7) is 3.21. The molecule has 2 aromatic carbocycles. The third-order valence-corrected chi connectivity index (χ3v) is 6.49. The largest absolute Gasteiger partial charge is 0.335 e. The first-order chi connectivity index (χ1) is 12.4. The molecule has 0 atom stereocenters. The fourth-order valence-corrected chi connectivity index (χ4v) is 4.17. The van der Waals surface area contributed by atoms with Crippen LogP contribution >= 0.6 is 0 Å². The van der Waals surface area contributed by atoms with Crippen LogP contribution in [-0.4, -0.2) is 70.5 Å². The van der Waals surface area contributed by atoms with Crippen LogP contribution in [0.25, 0.3) is 10.8 Å². The van der Waals surface area contributed by atoms with Crippen LogP contribution in [0.2, 0.25) is 0 Å². The number of nitrogens with zero attached hydrogens (tertiary/aromatic N) is 2. The van der Waals surface area contributed by atoms with Crippen LogP contribution in [0.3, 0.4) is 0 Å². The summed E-state index contributed by atoms with van der Waals surface area (Å²) in [5.41, 5.74) is 2.80. The van der Waals surface area contributed by atoms with Crippen molar-refractivity contribution in [1.29, 1.82) is 0 Å². The van der Waals surface area contributed by atoms with Crippen LogP contribution < -0.4 is 10.3 Å². The fourth-order valence-electron chi connectivity index (χ4n) is 3.01. The van der Waals surface area contributed by atoms with Gasteiger partial charge in [0.05, 0.1) is 44.7 Å². The van der Waals surface area contributed by atoms with Crippen molar-refractivity contribution in [2.24, 2.45) is 0 Å². The predicted molar refractivity (Wildman–Crippen MR) is 100 cm³/mol. The molecule has 0 bridgehead atoms. The molecule has 3 rings (SSSR count). The molecule has 1 amide bonds. The van der Waals surface area contributed by atoms with E-state index in [2.05, 4.69) is 12.5 Å². The summed E-state index contributed by atoms with van der Waals surface area (Å²) in [7, 11) is -0.182. The second-order valence-corrected chi connectivity index (χ2v) is 8.79. The van der Waals surface area contributed by atoms with Crippen molar-refractivity contribution in [2.75, 3.05) is 46.8 Å². The van der Waals surface area contributed by atoms with E-state index < -0.39 is 10.0 Å². The Labute approximate surface area is 154 Å². The van der Waals surface area contributed by atoms with Gasteiger partial charge in [0.15, 0.2) is 0 Å². The number of piperazine rings is 1. The number of benzene rings is 2. The Morgan fingerprint density at radius 2 is 1.81 bits per heavy atom. The zero-order valence-corrected chi connectivity index (χ0v) is 15.9. The van der Waals surface area contributed by atoms with Gasteiger partial charge in [0.25, 0.3) is 0 Å². The highest BCUT2D eigenvalue weighted by Gasteiger charge is 2.25. The van der Waals surface area contributed by atoms with E-state index >= 15 is 0 Å². The lowest BCUT2D eigenvalue weighted by Crippen LogP contribution is -3.12. The van der Waals surface area contributed by atoms with Crippen molar-refractivity contribution in [1.82, 2.24) is 14.7 Å². The summed E-state index contributed by atoms with van der Waals surface area (Å²) in [5, 5.41) is 3.68. The molecule has 1 heterocycles. The van der Waals surface area contributed by atoms with E-state index in [1.54, 1.807) is 18.2 Å². The molecule has 0 unspecified atom stereocenters. The molecule has 1 aliphatic rings. The third kappa shape index (κ3) is 4.21. The van der Waals surface area contributed by atoms with Gasteiger partial charge in [-0.15, -0.1) is 0 Å². The minimum Gasteiger partial charge on any atom is -0.335 e. The molecular weight excluding hydrogens is 352 g/mol. The Balaban J connectivity index is 1.67. The van der Waals surface area contributed by atoms with Gasteiger partial charge in [-0.25, -0.2) is 13.4 Å². The average molecular weight is 377 g/mol. The molecule has 0 saturated carbocycles.